The first-order valence-electron chi connectivity index (χ1n) is 7.55. The summed E-state index contributed by atoms with van der Waals surface area (Å²) < 4.78 is 0. The van der Waals surface area contributed by atoms with Gasteiger partial charge in [0.05, 0.1) is 22.5 Å². The van der Waals surface area contributed by atoms with E-state index in [-0.39, 0.29) is 30.1 Å². The molecule has 24 heavy (non-hydrogen) atoms. The SMILES string of the molecule is CC1CCC(C(=O)O)CN1C(=O)CNC(=O)c1ccc(Cl)c(Cl)c1. The molecule has 0 bridgehead atoms. The summed E-state index contributed by atoms with van der Waals surface area (Å²) in [6, 6.07) is 4.39. The van der Waals surface area contributed by atoms with Gasteiger partial charge < -0.3 is 15.3 Å². The summed E-state index contributed by atoms with van der Waals surface area (Å²) in [7, 11) is 0. The molecule has 2 amide bonds. The zero-order chi connectivity index (χ0) is 17.9. The lowest BCUT2D eigenvalue weighted by molar-refractivity contribution is -0.146. The first kappa shape index (κ1) is 18.5. The van der Waals surface area contributed by atoms with Gasteiger partial charge >= 0.3 is 5.97 Å². The van der Waals surface area contributed by atoms with Crippen molar-refractivity contribution in [2.45, 2.75) is 25.8 Å². The number of aliphatic carboxylic acids is 1. The van der Waals surface area contributed by atoms with Crippen LogP contribution in [0.4, 0.5) is 0 Å². The van der Waals surface area contributed by atoms with E-state index in [9.17, 15) is 14.4 Å². The summed E-state index contributed by atoms with van der Waals surface area (Å²) in [6.07, 6.45) is 1.18. The highest BCUT2D eigenvalue weighted by molar-refractivity contribution is 6.42. The Kier molecular flexibility index (Phi) is 6.07. The molecule has 130 valence electrons. The molecule has 1 heterocycles. The molecule has 0 aromatic heterocycles. The minimum atomic E-state index is -0.903. The maximum absolute atomic E-state index is 12.3. The molecule has 1 aromatic rings. The summed E-state index contributed by atoms with van der Waals surface area (Å²) in [6.45, 7) is 1.84. The average molecular weight is 373 g/mol. The largest absolute Gasteiger partial charge is 0.481 e. The molecule has 0 radical (unpaired) electrons. The summed E-state index contributed by atoms with van der Waals surface area (Å²) in [5.74, 6) is -2.21. The van der Waals surface area contributed by atoms with Crippen LogP contribution in [-0.4, -0.2) is 46.9 Å². The molecule has 2 atom stereocenters. The van der Waals surface area contributed by atoms with Gasteiger partial charge in [0, 0.05) is 18.2 Å². The van der Waals surface area contributed by atoms with Gasteiger partial charge in [-0.1, -0.05) is 23.2 Å². The lowest BCUT2D eigenvalue weighted by Gasteiger charge is -2.36. The zero-order valence-corrected chi connectivity index (χ0v) is 14.6. The van der Waals surface area contributed by atoms with Crippen molar-refractivity contribution in [1.82, 2.24) is 10.2 Å². The van der Waals surface area contributed by atoms with Crippen LogP contribution in [0.15, 0.2) is 18.2 Å². The van der Waals surface area contributed by atoms with Gasteiger partial charge in [-0.25, -0.2) is 0 Å². The maximum Gasteiger partial charge on any atom is 0.308 e. The van der Waals surface area contributed by atoms with Gasteiger partial charge in [0.1, 0.15) is 0 Å². The van der Waals surface area contributed by atoms with Crippen molar-refractivity contribution in [3.05, 3.63) is 33.8 Å². The third-order valence-electron chi connectivity index (χ3n) is 4.13. The number of carboxylic acids is 1. The van der Waals surface area contributed by atoms with Crippen LogP contribution in [0.2, 0.25) is 10.0 Å². The molecule has 1 aliphatic heterocycles. The Morgan fingerprint density at radius 3 is 2.58 bits per heavy atom. The first-order valence-corrected chi connectivity index (χ1v) is 8.30. The van der Waals surface area contributed by atoms with E-state index >= 15 is 0 Å². The Morgan fingerprint density at radius 1 is 1.25 bits per heavy atom. The molecule has 1 aliphatic rings. The van der Waals surface area contributed by atoms with Gasteiger partial charge in [-0.2, -0.15) is 0 Å². The molecule has 1 saturated heterocycles. The second-order valence-corrected chi connectivity index (χ2v) is 6.63. The maximum atomic E-state index is 12.3. The van der Waals surface area contributed by atoms with Crippen molar-refractivity contribution in [2.75, 3.05) is 13.1 Å². The standard InChI is InChI=1S/C16H18Cl2N2O4/c1-9-2-3-11(16(23)24)8-20(9)14(21)7-19-15(22)10-4-5-12(17)13(18)6-10/h4-6,9,11H,2-3,7-8H2,1H3,(H,19,22)(H,23,24). The van der Waals surface area contributed by atoms with E-state index in [2.05, 4.69) is 5.32 Å². The predicted octanol–water partition coefficient (Wildman–Crippen LogP) is 2.43. The van der Waals surface area contributed by atoms with Crippen molar-refractivity contribution in [1.29, 1.82) is 0 Å². The van der Waals surface area contributed by atoms with Crippen molar-refractivity contribution in [2.24, 2.45) is 5.92 Å². The number of likely N-dealkylation sites (tertiary alicyclic amines) is 1. The Hall–Kier alpha value is -1.79. The number of benzene rings is 1. The van der Waals surface area contributed by atoms with Crippen molar-refractivity contribution >= 4 is 41.0 Å². The van der Waals surface area contributed by atoms with Gasteiger partial charge in [0.25, 0.3) is 5.91 Å². The molecule has 1 aromatic carbocycles. The van der Waals surface area contributed by atoms with Crippen molar-refractivity contribution in [3.63, 3.8) is 0 Å². The lowest BCUT2D eigenvalue weighted by Crippen LogP contribution is -2.50. The van der Waals surface area contributed by atoms with E-state index in [1.165, 1.54) is 23.1 Å². The van der Waals surface area contributed by atoms with Gasteiger partial charge in [-0.3, -0.25) is 14.4 Å². The molecule has 8 heteroatoms. The summed E-state index contributed by atoms with van der Waals surface area (Å²) >= 11 is 11.7. The number of nitrogens with one attached hydrogen (secondary N) is 1. The van der Waals surface area contributed by atoms with E-state index in [1.54, 1.807) is 0 Å². The number of amides is 2. The second-order valence-electron chi connectivity index (χ2n) is 5.82. The Balaban J connectivity index is 1.95. The smallest absolute Gasteiger partial charge is 0.308 e. The van der Waals surface area contributed by atoms with E-state index in [0.717, 1.165) is 0 Å². The van der Waals surface area contributed by atoms with Gasteiger partial charge in [-0.05, 0) is 38.0 Å². The minimum absolute atomic E-state index is 0.0463. The molecule has 0 aliphatic carbocycles. The van der Waals surface area contributed by atoms with Crippen LogP contribution < -0.4 is 5.32 Å². The van der Waals surface area contributed by atoms with Crippen LogP contribution in [0, 0.1) is 5.92 Å². The minimum Gasteiger partial charge on any atom is -0.481 e. The van der Waals surface area contributed by atoms with Crippen LogP contribution in [0.3, 0.4) is 0 Å². The Labute approximate surface area is 149 Å². The molecule has 6 nitrogen and oxygen atoms in total. The van der Waals surface area contributed by atoms with E-state index in [1.807, 2.05) is 6.92 Å². The molecular weight excluding hydrogens is 355 g/mol. The first-order chi connectivity index (χ1) is 11.3. The average Bonchev–Trinajstić information content (AvgIpc) is 2.55. The van der Waals surface area contributed by atoms with E-state index in [0.29, 0.717) is 23.4 Å². The third kappa shape index (κ3) is 4.39. The number of nitrogens with zero attached hydrogens (tertiary/aromatic N) is 1. The van der Waals surface area contributed by atoms with Gasteiger partial charge in [0.15, 0.2) is 0 Å². The summed E-state index contributed by atoms with van der Waals surface area (Å²) in [5.41, 5.74) is 0.298. The van der Waals surface area contributed by atoms with Crippen LogP contribution in [-0.2, 0) is 9.59 Å². The normalized spacial score (nSPS) is 20.5. The number of hydrogen-bond acceptors (Lipinski definition) is 3. The van der Waals surface area contributed by atoms with Crippen LogP contribution >= 0.6 is 23.2 Å². The number of halogens is 2. The molecule has 2 rings (SSSR count). The number of piperidine rings is 1. The highest BCUT2D eigenvalue weighted by atomic mass is 35.5. The molecule has 0 spiro atoms. The number of hydrogen-bond donors (Lipinski definition) is 2. The fourth-order valence-corrected chi connectivity index (χ4v) is 2.95. The topological polar surface area (TPSA) is 86.7 Å². The molecule has 1 fully saturated rings. The molecular formula is C16H18Cl2N2O4. The molecule has 0 saturated carbocycles. The predicted molar refractivity (Wildman–Crippen MR) is 90.3 cm³/mol. The summed E-state index contributed by atoms with van der Waals surface area (Å²) in [5, 5.41) is 12.2. The van der Waals surface area contributed by atoms with Crippen molar-refractivity contribution in [3.8, 4) is 0 Å². The quantitative estimate of drug-likeness (QED) is 0.849. The third-order valence-corrected chi connectivity index (χ3v) is 4.87. The second kappa shape index (κ2) is 7.85. The van der Waals surface area contributed by atoms with Gasteiger partial charge in [-0.15, -0.1) is 0 Å². The number of carbonyl (C=O) groups excluding carboxylic acids is 2. The number of carbonyl (C=O) groups is 3. The lowest BCUT2D eigenvalue weighted by atomic mass is 9.93. The Morgan fingerprint density at radius 2 is 1.96 bits per heavy atom. The van der Waals surface area contributed by atoms with Crippen LogP contribution in [0.5, 0.6) is 0 Å². The Bertz CT molecular complexity index is 665. The summed E-state index contributed by atoms with van der Waals surface area (Å²) in [4.78, 5) is 37.0. The molecule has 2 N–H and O–H groups in total. The number of carboxylic acid groups (broad SMARTS) is 1. The number of rotatable bonds is 4. The fourth-order valence-electron chi connectivity index (χ4n) is 2.65. The van der Waals surface area contributed by atoms with Crippen molar-refractivity contribution < 1.29 is 19.5 Å². The molecule has 2 unspecified atom stereocenters. The monoisotopic (exact) mass is 372 g/mol. The zero-order valence-electron chi connectivity index (χ0n) is 13.1. The van der Waals surface area contributed by atoms with Gasteiger partial charge in [0.2, 0.25) is 5.91 Å². The van der Waals surface area contributed by atoms with E-state index in [4.69, 9.17) is 28.3 Å². The highest BCUT2D eigenvalue weighted by Gasteiger charge is 2.32. The fraction of sp³-hybridized carbons (Fsp3) is 0.438. The van der Waals surface area contributed by atoms with Crippen LogP contribution in [0.1, 0.15) is 30.1 Å². The highest BCUT2D eigenvalue weighted by Crippen LogP contribution is 2.23. The van der Waals surface area contributed by atoms with Crippen LogP contribution in [0.25, 0.3) is 0 Å². The van der Waals surface area contributed by atoms with E-state index < -0.39 is 17.8 Å².